The van der Waals surface area contributed by atoms with Crippen molar-refractivity contribution in [2.75, 3.05) is 47.4 Å². The van der Waals surface area contributed by atoms with Crippen LogP contribution in [0.3, 0.4) is 0 Å². The first-order chi connectivity index (χ1) is 19.8. The Morgan fingerprint density at radius 1 is 1.10 bits per heavy atom. The number of nitrogens with one attached hydrogen (secondary N) is 3. The Kier molecular flexibility index (Phi) is 9.19. The molecule has 222 valence electrons. The summed E-state index contributed by atoms with van der Waals surface area (Å²) in [5.74, 6) is -0.0947. The third kappa shape index (κ3) is 7.05. The van der Waals surface area contributed by atoms with E-state index in [1.807, 2.05) is 9.80 Å². The molecule has 0 radical (unpaired) electrons. The van der Waals surface area contributed by atoms with Gasteiger partial charge in [-0.15, -0.1) is 0 Å². The van der Waals surface area contributed by atoms with Crippen molar-refractivity contribution < 1.29 is 18.7 Å². The molecule has 1 amide bonds. The van der Waals surface area contributed by atoms with Crippen LogP contribution in [0.4, 0.5) is 31.9 Å². The molecule has 5 rings (SSSR count). The van der Waals surface area contributed by atoms with E-state index in [0.29, 0.717) is 61.8 Å². The zero-order valence-electron chi connectivity index (χ0n) is 23.3. The normalized spacial score (nSPS) is 24.9. The third-order valence-corrected chi connectivity index (χ3v) is 8.39. The van der Waals surface area contributed by atoms with Gasteiger partial charge >= 0.3 is 0 Å². The molecule has 41 heavy (non-hydrogen) atoms. The molecule has 1 aliphatic heterocycles. The fourth-order valence-electron chi connectivity index (χ4n) is 6.10. The second-order valence-electron chi connectivity index (χ2n) is 11.3. The van der Waals surface area contributed by atoms with Crippen molar-refractivity contribution in [3.05, 3.63) is 48.4 Å². The highest BCUT2D eigenvalue weighted by Crippen LogP contribution is 2.36. The summed E-state index contributed by atoms with van der Waals surface area (Å²) < 4.78 is 28.1. The molecule has 3 aliphatic rings. The van der Waals surface area contributed by atoms with Gasteiger partial charge in [0.15, 0.2) is 5.82 Å². The van der Waals surface area contributed by atoms with E-state index in [-0.39, 0.29) is 35.7 Å². The number of amides is 1. The summed E-state index contributed by atoms with van der Waals surface area (Å²) in [6.07, 6.45) is 7.06. The van der Waals surface area contributed by atoms with Crippen molar-refractivity contribution in [3.63, 3.8) is 0 Å². The van der Waals surface area contributed by atoms with Crippen LogP contribution < -0.4 is 26.6 Å². The maximum Gasteiger partial charge on any atom is 0.225 e. The molecule has 3 fully saturated rings. The van der Waals surface area contributed by atoms with Crippen LogP contribution >= 0.6 is 0 Å². The van der Waals surface area contributed by atoms with E-state index in [1.54, 1.807) is 6.20 Å². The number of aliphatic hydroxyl groups excluding tert-OH is 1. The van der Waals surface area contributed by atoms with E-state index >= 15 is 0 Å². The smallest absolute Gasteiger partial charge is 0.225 e. The summed E-state index contributed by atoms with van der Waals surface area (Å²) in [5.41, 5.74) is 6.82. The Balaban J connectivity index is 1.36. The molecule has 1 aromatic heterocycles. The van der Waals surface area contributed by atoms with E-state index in [2.05, 4.69) is 27.5 Å². The van der Waals surface area contributed by atoms with Crippen LogP contribution in [0.5, 0.6) is 0 Å². The van der Waals surface area contributed by atoms with E-state index in [0.717, 1.165) is 45.1 Å². The lowest BCUT2D eigenvalue weighted by atomic mass is 9.84. The molecular weight excluding hydrogens is 530 g/mol. The highest BCUT2D eigenvalue weighted by molar-refractivity contribution is 5.79. The van der Waals surface area contributed by atoms with Gasteiger partial charge in [0.1, 0.15) is 17.5 Å². The predicted octanol–water partition coefficient (Wildman–Crippen LogP) is 3.43. The van der Waals surface area contributed by atoms with Gasteiger partial charge in [0.25, 0.3) is 0 Å². The first-order valence-corrected chi connectivity index (χ1v) is 14.6. The van der Waals surface area contributed by atoms with Crippen molar-refractivity contribution in [2.24, 2.45) is 5.92 Å². The number of carbonyl (C=O) groups excluding carboxylic acids is 1. The van der Waals surface area contributed by atoms with Gasteiger partial charge in [-0.25, -0.2) is 13.8 Å². The number of hydrogen-bond acceptors (Lipinski definition) is 9. The summed E-state index contributed by atoms with van der Waals surface area (Å²) in [7, 11) is 0. The van der Waals surface area contributed by atoms with Gasteiger partial charge < -0.3 is 36.6 Å². The molecule has 0 atom stereocenters. The Labute approximate surface area is 239 Å². The molecule has 6 N–H and O–H groups in total. The second kappa shape index (κ2) is 13.0. The SMILES string of the molecule is C=C(Nc1ccc(F)cc1F)N(c1nc(NC2CCC(O)CC2)ncc1N)C1CCC(C(=O)N2CCNCC2)CC1. The van der Waals surface area contributed by atoms with Crippen LogP contribution in [-0.2, 0) is 4.79 Å². The Bertz CT molecular complexity index is 1230. The lowest BCUT2D eigenvalue weighted by molar-refractivity contribution is -0.137. The number of aliphatic hydroxyl groups is 1. The Morgan fingerprint density at radius 2 is 1.80 bits per heavy atom. The largest absolute Gasteiger partial charge is 0.394 e. The summed E-state index contributed by atoms with van der Waals surface area (Å²) >= 11 is 0. The van der Waals surface area contributed by atoms with Crippen molar-refractivity contribution in [2.45, 2.75) is 69.6 Å². The molecule has 0 spiro atoms. The number of nitrogens with zero attached hydrogens (tertiary/aromatic N) is 4. The van der Waals surface area contributed by atoms with E-state index in [1.165, 1.54) is 12.1 Å². The number of carbonyl (C=O) groups is 1. The molecular formula is C29H40F2N8O2. The number of nitrogens with two attached hydrogens (primary N) is 1. The minimum atomic E-state index is -0.742. The number of benzene rings is 1. The van der Waals surface area contributed by atoms with Gasteiger partial charge in [-0.3, -0.25) is 4.79 Å². The number of anilines is 4. The Hall–Kier alpha value is -3.51. The van der Waals surface area contributed by atoms with Crippen LogP contribution in [-0.4, -0.2) is 70.2 Å². The van der Waals surface area contributed by atoms with Crippen LogP contribution in [0, 0.1) is 17.6 Å². The van der Waals surface area contributed by atoms with Gasteiger partial charge in [0, 0.05) is 50.2 Å². The van der Waals surface area contributed by atoms with Crippen molar-refractivity contribution in [1.29, 1.82) is 0 Å². The lowest BCUT2D eigenvalue weighted by Gasteiger charge is -2.40. The zero-order valence-corrected chi connectivity index (χ0v) is 23.3. The van der Waals surface area contributed by atoms with Crippen molar-refractivity contribution in [3.8, 4) is 0 Å². The molecule has 12 heteroatoms. The summed E-state index contributed by atoms with van der Waals surface area (Å²) in [6, 6.07) is 3.34. The second-order valence-corrected chi connectivity index (χ2v) is 11.3. The van der Waals surface area contributed by atoms with Gasteiger partial charge in [-0.1, -0.05) is 6.58 Å². The van der Waals surface area contributed by atoms with Crippen LogP contribution in [0.1, 0.15) is 51.4 Å². The van der Waals surface area contributed by atoms with Crippen molar-refractivity contribution >= 4 is 29.0 Å². The highest BCUT2D eigenvalue weighted by atomic mass is 19.1. The maximum absolute atomic E-state index is 14.6. The highest BCUT2D eigenvalue weighted by Gasteiger charge is 2.34. The number of hydrogen-bond donors (Lipinski definition) is 5. The van der Waals surface area contributed by atoms with Gasteiger partial charge in [-0.2, -0.15) is 4.98 Å². The summed E-state index contributed by atoms with van der Waals surface area (Å²) in [6.45, 7) is 7.27. The minimum Gasteiger partial charge on any atom is -0.394 e. The first kappa shape index (κ1) is 29.0. The number of piperazine rings is 1. The van der Waals surface area contributed by atoms with Gasteiger partial charge in [-0.05, 0) is 63.5 Å². The molecule has 2 heterocycles. The third-order valence-electron chi connectivity index (χ3n) is 8.39. The first-order valence-electron chi connectivity index (χ1n) is 14.6. The average molecular weight is 571 g/mol. The standard InChI is InChI=1S/C29H40F2N8O2/c1-18(35-26-11-4-20(30)16-24(26)31)39(22-7-2-19(3-8-22)28(41)38-14-12-33-13-15-38)27-25(32)17-34-29(37-27)36-21-5-9-23(40)10-6-21/h4,11,16-17,19,21-23,33,35,40H,1-3,5-10,12-15,32H2,(H,34,36,37). The summed E-state index contributed by atoms with van der Waals surface area (Å²) in [4.78, 5) is 26.1. The molecule has 1 aromatic carbocycles. The topological polar surface area (TPSA) is 132 Å². The predicted molar refractivity (Wildman–Crippen MR) is 155 cm³/mol. The number of rotatable bonds is 8. The molecule has 1 saturated heterocycles. The van der Waals surface area contributed by atoms with Crippen LogP contribution in [0.25, 0.3) is 0 Å². The molecule has 2 aromatic rings. The maximum atomic E-state index is 14.6. The lowest BCUT2D eigenvalue weighted by Crippen LogP contribution is -2.49. The fraction of sp³-hybridized carbons (Fsp3) is 0.552. The monoisotopic (exact) mass is 570 g/mol. The van der Waals surface area contributed by atoms with Crippen LogP contribution in [0.2, 0.25) is 0 Å². The zero-order chi connectivity index (χ0) is 28.9. The van der Waals surface area contributed by atoms with Crippen molar-refractivity contribution in [1.82, 2.24) is 20.2 Å². The summed E-state index contributed by atoms with van der Waals surface area (Å²) in [5, 5.41) is 19.5. The van der Waals surface area contributed by atoms with E-state index in [4.69, 9.17) is 10.7 Å². The van der Waals surface area contributed by atoms with E-state index in [9.17, 15) is 18.7 Å². The quantitative estimate of drug-likeness (QED) is 0.324. The van der Waals surface area contributed by atoms with Gasteiger partial charge in [0.2, 0.25) is 11.9 Å². The molecule has 0 unspecified atom stereocenters. The van der Waals surface area contributed by atoms with Gasteiger partial charge in [0.05, 0.1) is 23.7 Å². The van der Waals surface area contributed by atoms with Crippen LogP contribution in [0.15, 0.2) is 36.8 Å². The number of nitrogen functional groups attached to an aromatic ring is 1. The number of halogens is 2. The average Bonchev–Trinajstić information content (AvgIpc) is 2.98. The molecule has 0 bridgehead atoms. The molecule has 2 aliphatic carbocycles. The van der Waals surface area contributed by atoms with E-state index < -0.39 is 11.6 Å². The minimum absolute atomic E-state index is 0.0522. The molecule has 10 nitrogen and oxygen atoms in total. The number of aromatic nitrogens is 2. The Morgan fingerprint density at radius 3 is 2.49 bits per heavy atom. The molecule has 2 saturated carbocycles. The fourth-order valence-corrected chi connectivity index (χ4v) is 6.10.